The van der Waals surface area contributed by atoms with Crippen molar-refractivity contribution < 1.29 is 17.9 Å². The summed E-state index contributed by atoms with van der Waals surface area (Å²) in [5.74, 6) is -0.203. The Morgan fingerprint density at radius 3 is 2.63 bits per heavy atom. The van der Waals surface area contributed by atoms with Crippen LogP contribution in [0.25, 0.3) is 0 Å². The fourth-order valence-electron chi connectivity index (χ4n) is 1.47. The molecule has 0 aromatic heterocycles. The molecule has 0 aliphatic rings. The van der Waals surface area contributed by atoms with Gasteiger partial charge < -0.3 is 10.5 Å². The molecule has 2 nitrogen and oxygen atoms in total. The number of rotatable bonds is 5. The molecule has 1 aromatic rings. The lowest BCUT2D eigenvalue weighted by atomic mass is 10.1. The normalized spacial score (nSPS) is 12.6. The van der Waals surface area contributed by atoms with E-state index in [4.69, 9.17) is 22.1 Å². The van der Waals surface area contributed by atoms with Crippen LogP contribution in [0.4, 0.5) is 13.2 Å². The molecule has 19 heavy (non-hydrogen) atoms. The minimum absolute atomic E-state index is 0.0167. The number of hydrogen-bond acceptors (Lipinski definition) is 2. The van der Waals surface area contributed by atoms with E-state index in [0.29, 0.717) is 24.1 Å². The first-order valence-electron chi connectivity index (χ1n) is 5.67. The van der Waals surface area contributed by atoms with E-state index >= 15 is 0 Å². The summed E-state index contributed by atoms with van der Waals surface area (Å²) in [5.41, 5.74) is 7.00. The van der Waals surface area contributed by atoms with Gasteiger partial charge in [-0.2, -0.15) is 13.2 Å². The molecule has 106 valence electrons. The zero-order valence-corrected chi connectivity index (χ0v) is 11.2. The predicted molar refractivity (Wildman–Crippen MR) is 69.3 cm³/mol. The predicted octanol–water partition coefficient (Wildman–Crippen LogP) is 3.73. The van der Waals surface area contributed by atoms with Gasteiger partial charge in [0.1, 0.15) is 12.4 Å². The number of hydrogen-bond donors (Lipinski definition) is 1. The number of halogens is 4. The van der Waals surface area contributed by atoms with Crippen molar-refractivity contribution >= 4 is 11.6 Å². The highest BCUT2D eigenvalue weighted by molar-refractivity contribution is 6.25. The van der Waals surface area contributed by atoms with Crippen LogP contribution in [-0.2, 0) is 12.6 Å². The molecule has 0 unspecified atom stereocenters. The minimum atomic E-state index is -4.46. The van der Waals surface area contributed by atoms with Gasteiger partial charge in [-0.05, 0) is 43.2 Å². The molecule has 0 aliphatic heterocycles. The Kier molecular flexibility index (Phi) is 5.69. The third kappa shape index (κ3) is 4.76. The number of alkyl halides is 3. The van der Waals surface area contributed by atoms with E-state index in [9.17, 15) is 13.2 Å². The molecular formula is C13H15ClF3NO. The minimum Gasteiger partial charge on any atom is -0.489 e. The third-order valence-corrected chi connectivity index (χ3v) is 2.80. The van der Waals surface area contributed by atoms with Gasteiger partial charge in [-0.15, -0.1) is 0 Å². The van der Waals surface area contributed by atoms with E-state index < -0.39 is 11.7 Å². The molecule has 0 amide bonds. The van der Waals surface area contributed by atoms with Crippen molar-refractivity contribution in [1.82, 2.24) is 0 Å². The summed E-state index contributed by atoms with van der Waals surface area (Å²) in [6.07, 6.45) is -4.07. The number of ether oxygens (including phenoxy) is 1. The van der Waals surface area contributed by atoms with Crippen molar-refractivity contribution in [3.8, 4) is 5.75 Å². The third-order valence-electron chi connectivity index (χ3n) is 2.42. The van der Waals surface area contributed by atoms with E-state index in [0.717, 1.165) is 6.07 Å². The Labute approximate surface area is 115 Å². The summed E-state index contributed by atoms with van der Waals surface area (Å²) in [6.45, 7) is 1.98. The lowest BCUT2D eigenvalue weighted by Gasteiger charge is -2.15. The van der Waals surface area contributed by atoms with Crippen LogP contribution < -0.4 is 10.5 Å². The molecule has 0 atom stereocenters. The fourth-order valence-corrected chi connectivity index (χ4v) is 1.53. The van der Waals surface area contributed by atoms with E-state index in [1.54, 1.807) is 13.0 Å². The summed E-state index contributed by atoms with van der Waals surface area (Å²) < 4.78 is 43.9. The van der Waals surface area contributed by atoms with Crippen molar-refractivity contribution in [3.63, 3.8) is 0 Å². The van der Waals surface area contributed by atoms with Crippen molar-refractivity contribution in [2.75, 3.05) is 13.2 Å². The average Bonchev–Trinajstić information content (AvgIpc) is 2.36. The van der Waals surface area contributed by atoms with Gasteiger partial charge in [0.05, 0.1) is 5.56 Å². The SMILES string of the molecule is C/C(=C/Cl)COc1ccc(CCN)cc1C(F)(F)F. The van der Waals surface area contributed by atoms with E-state index in [1.165, 1.54) is 11.6 Å². The molecule has 0 aliphatic carbocycles. The van der Waals surface area contributed by atoms with Crippen molar-refractivity contribution in [2.45, 2.75) is 19.5 Å². The molecule has 0 spiro atoms. The fraction of sp³-hybridized carbons (Fsp3) is 0.385. The highest BCUT2D eigenvalue weighted by Gasteiger charge is 2.34. The maximum Gasteiger partial charge on any atom is 0.419 e. The standard InChI is InChI=1S/C13H15ClF3NO/c1-9(7-14)8-19-12-3-2-10(4-5-18)6-11(12)13(15,16)17/h2-3,6-7H,4-5,8,18H2,1H3/b9-7-. The van der Waals surface area contributed by atoms with Gasteiger partial charge in [-0.1, -0.05) is 17.7 Å². The highest BCUT2D eigenvalue weighted by atomic mass is 35.5. The van der Waals surface area contributed by atoms with Crippen LogP contribution in [0.2, 0.25) is 0 Å². The highest BCUT2D eigenvalue weighted by Crippen LogP contribution is 2.37. The van der Waals surface area contributed by atoms with Gasteiger partial charge in [0.15, 0.2) is 0 Å². The van der Waals surface area contributed by atoms with Gasteiger partial charge in [-0.3, -0.25) is 0 Å². The first kappa shape index (κ1) is 15.9. The van der Waals surface area contributed by atoms with Crippen LogP contribution in [0.15, 0.2) is 29.3 Å². The molecule has 1 aromatic carbocycles. The molecule has 0 heterocycles. The van der Waals surface area contributed by atoms with Crippen LogP contribution in [0.5, 0.6) is 5.75 Å². The van der Waals surface area contributed by atoms with Gasteiger partial charge in [0, 0.05) is 5.54 Å². The zero-order valence-electron chi connectivity index (χ0n) is 10.4. The zero-order chi connectivity index (χ0) is 14.5. The van der Waals surface area contributed by atoms with Crippen LogP contribution in [0.3, 0.4) is 0 Å². The topological polar surface area (TPSA) is 35.2 Å². The molecule has 0 bridgehead atoms. The van der Waals surface area contributed by atoms with Crippen LogP contribution in [0.1, 0.15) is 18.1 Å². The van der Waals surface area contributed by atoms with Crippen molar-refractivity contribution in [3.05, 3.63) is 40.4 Å². The summed E-state index contributed by atoms with van der Waals surface area (Å²) in [5, 5.41) is 0. The molecule has 6 heteroatoms. The Balaban J connectivity index is 3.02. The monoisotopic (exact) mass is 293 g/mol. The summed E-state index contributed by atoms with van der Waals surface area (Å²) in [7, 11) is 0. The quantitative estimate of drug-likeness (QED) is 0.898. The van der Waals surface area contributed by atoms with Crippen LogP contribution in [0, 0.1) is 0 Å². The average molecular weight is 294 g/mol. The second-order valence-electron chi connectivity index (χ2n) is 4.11. The molecule has 0 fully saturated rings. The van der Waals surface area contributed by atoms with E-state index in [-0.39, 0.29) is 12.4 Å². The molecule has 0 saturated heterocycles. The van der Waals surface area contributed by atoms with Crippen molar-refractivity contribution in [1.29, 1.82) is 0 Å². The van der Waals surface area contributed by atoms with Crippen LogP contribution >= 0.6 is 11.6 Å². The maximum atomic E-state index is 12.9. The van der Waals surface area contributed by atoms with Crippen molar-refractivity contribution in [2.24, 2.45) is 5.73 Å². The smallest absolute Gasteiger partial charge is 0.419 e. The Bertz CT molecular complexity index is 458. The summed E-state index contributed by atoms with van der Waals surface area (Å²) >= 11 is 5.44. The molecule has 2 N–H and O–H groups in total. The number of nitrogens with two attached hydrogens (primary N) is 1. The second kappa shape index (κ2) is 6.82. The Hall–Kier alpha value is -1.20. The molecular weight excluding hydrogens is 279 g/mol. The summed E-state index contributed by atoms with van der Waals surface area (Å²) in [4.78, 5) is 0. The summed E-state index contributed by atoms with van der Waals surface area (Å²) in [6, 6.07) is 3.97. The van der Waals surface area contributed by atoms with Gasteiger partial charge in [0.2, 0.25) is 0 Å². The van der Waals surface area contributed by atoms with E-state index in [2.05, 4.69) is 0 Å². The van der Waals surface area contributed by atoms with Gasteiger partial charge >= 0.3 is 6.18 Å². The largest absolute Gasteiger partial charge is 0.489 e. The second-order valence-corrected chi connectivity index (χ2v) is 4.33. The maximum absolute atomic E-state index is 12.9. The Morgan fingerprint density at radius 2 is 2.11 bits per heavy atom. The lowest BCUT2D eigenvalue weighted by molar-refractivity contribution is -0.138. The molecule has 1 rings (SSSR count). The molecule has 0 radical (unpaired) electrons. The van der Waals surface area contributed by atoms with Crippen LogP contribution in [-0.4, -0.2) is 13.2 Å². The first-order valence-corrected chi connectivity index (χ1v) is 6.11. The van der Waals surface area contributed by atoms with Gasteiger partial charge in [0.25, 0.3) is 0 Å². The Morgan fingerprint density at radius 1 is 1.42 bits per heavy atom. The van der Waals surface area contributed by atoms with Gasteiger partial charge in [-0.25, -0.2) is 0 Å². The number of benzene rings is 1. The lowest BCUT2D eigenvalue weighted by Crippen LogP contribution is -2.11. The van der Waals surface area contributed by atoms with E-state index in [1.807, 2.05) is 0 Å². The molecule has 0 saturated carbocycles. The first-order chi connectivity index (χ1) is 8.88.